The molecule has 0 aliphatic carbocycles. The Labute approximate surface area is 100 Å². The lowest BCUT2D eigenvalue weighted by molar-refractivity contribution is -0.143. The number of rotatable bonds is 6. The van der Waals surface area contributed by atoms with Crippen LogP contribution in [0.25, 0.3) is 0 Å². The Morgan fingerprint density at radius 3 is 2.94 bits per heavy atom. The number of esters is 1. The third-order valence-electron chi connectivity index (χ3n) is 2.22. The maximum Gasteiger partial charge on any atom is 0.305 e. The van der Waals surface area contributed by atoms with Crippen molar-refractivity contribution in [3.63, 3.8) is 0 Å². The molecule has 0 saturated heterocycles. The summed E-state index contributed by atoms with van der Waals surface area (Å²) in [7, 11) is 0. The summed E-state index contributed by atoms with van der Waals surface area (Å²) >= 11 is 0. The number of carbonyl (C=O) groups excluding carboxylic acids is 1. The average Bonchev–Trinajstić information content (AvgIpc) is 2.36. The molecule has 0 atom stereocenters. The molecular weight excluding hydrogens is 220 g/mol. The van der Waals surface area contributed by atoms with Gasteiger partial charge in [-0.05, 0) is 31.9 Å². The highest BCUT2D eigenvalue weighted by Crippen LogP contribution is 2.07. The fourth-order valence-electron chi connectivity index (χ4n) is 1.42. The average molecular weight is 236 g/mol. The van der Waals surface area contributed by atoms with Gasteiger partial charge in [0.15, 0.2) is 0 Å². The lowest BCUT2D eigenvalue weighted by Gasteiger charge is -2.04. The zero-order valence-corrected chi connectivity index (χ0v) is 9.80. The van der Waals surface area contributed by atoms with Gasteiger partial charge in [-0.25, -0.2) is 0 Å². The molecule has 0 unspecified atom stereocenters. The molecule has 5 nitrogen and oxygen atoms in total. The first-order valence-corrected chi connectivity index (χ1v) is 5.55. The van der Waals surface area contributed by atoms with Crippen molar-refractivity contribution >= 4 is 11.7 Å². The second kappa shape index (κ2) is 7.38. The number of nitrogens with zero attached hydrogens (tertiary/aromatic N) is 2. The Bertz CT molecular complexity index is 377. The zero-order chi connectivity index (χ0) is 12.5. The highest BCUT2D eigenvalue weighted by atomic mass is 16.5. The summed E-state index contributed by atoms with van der Waals surface area (Å²) in [4.78, 5) is 15.1. The van der Waals surface area contributed by atoms with Crippen molar-refractivity contribution in [2.45, 2.75) is 26.2 Å². The van der Waals surface area contributed by atoms with E-state index in [4.69, 9.17) is 9.94 Å². The molecule has 0 saturated carbocycles. The van der Waals surface area contributed by atoms with Crippen molar-refractivity contribution in [2.75, 3.05) is 6.61 Å². The van der Waals surface area contributed by atoms with E-state index in [1.165, 1.54) is 0 Å². The standard InChI is InChI=1S/C12H16N2O3/c1-2-17-12(15)7-3-6-11(14-16)10-5-4-8-13-9-10/h4-5,8-9,16H,2-3,6-7H2,1H3/b14-11-. The number of oxime groups is 1. The van der Waals surface area contributed by atoms with Gasteiger partial charge < -0.3 is 9.94 Å². The highest BCUT2D eigenvalue weighted by molar-refractivity contribution is 5.99. The van der Waals surface area contributed by atoms with Crippen LogP contribution in [0.5, 0.6) is 0 Å². The third-order valence-corrected chi connectivity index (χ3v) is 2.22. The molecule has 0 spiro atoms. The normalized spacial score (nSPS) is 11.2. The number of aromatic nitrogens is 1. The highest BCUT2D eigenvalue weighted by Gasteiger charge is 2.07. The van der Waals surface area contributed by atoms with Gasteiger partial charge in [0.1, 0.15) is 0 Å². The molecule has 1 rings (SSSR count). The van der Waals surface area contributed by atoms with E-state index < -0.39 is 0 Å². The Hall–Kier alpha value is -1.91. The molecule has 1 heterocycles. The van der Waals surface area contributed by atoms with E-state index in [9.17, 15) is 4.79 Å². The van der Waals surface area contributed by atoms with Gasteiger partial charge in [0.25, 0.3) is 0 Å². The second-order valence-corrected chi connectivity index (χ2v) is 3.45. The largest absolute Gasteiger partial charge is 0.466 e. The zero-order valence-electron chi connectivity index (χ0n) is 9.80. The van der Waals surface area contributed by atoms with E-state index in [1.807, 2.05) is 6.07 Å². The fraction of sp³-hybridized carbons (Fsp3) is 0.417. The van der Waals surface area contributed by atoms with Crippen LogP contribution in [0.1, 0.15) is 31.7 Å². The van der Waals surface area contributed by atoms with E-state index in [0.717, 1.165) is 5.56 Å². The first-order chi connectivity index (χ1) is 8.27. The topological polar surface area (TPSA) is 71.8 Å². The lowest BCUT2D eigenvalue weighted by Crippen LogP contribution is -2.06. The summed E-state index contributed by atoms with van der Waals surface area (Å²) in [6, 6.07) is 3.58. The first-order valence-electron chi connectivity index (χ1n) is 5.55. The van der Waals surface area contributed by atoms with E-state index in [1.54, 1.807) is 25.4 Å². The van der Waals surface area contributed by atoms with Gasteiger partial charge in [0.2, 0.25) is 0 Å². The van der Waals surface area contributed by atoms with Crippen LogP contribution in [0.3, 0.4) is 0 Å². The fourth-order valence-corrected chi connectivity index (χ4v) is 1.42. The van der Waals surface area contributed by atoms with Gasteiger partial charge in [-0.2, -0.15) is 0 Å². The van der Waals surface area contributed by atoms with Crippen molar-refractivity contribution in [1.82, 2.24) is 4.98 Å². The van der Waals surface area contributed by atoms with Gasteiger partial charge in [-0.15, -0.1) is 0 Å². The van der Waals surface area contributed by atoms with E-state index in [-0.39, 0.29) is 5.97 Å². The Balaban J connectivity index is 2.42. The Morgan fingerprint density at radius 1 is 1.53 bits per heavy atom. The van der Waals surface area contributed by atoms with Crippen molar-refractivity contribution in [3.05, 3.63) is 30.1 Å². The van der Waals surface area contributed by atoms with Crippen LogP contribution < -0.4 is 0 Å². The maximum atomic E-state index is 11.1. The van der Waals surface area contributed by atoms with Gasteiger partial charge in [0.05, 0.1) is 12.3 Å². The summed E-state index contributed by atoms with van der Waals surface area (Å²) in [5.74, 6) is -0.226. The molecule has 5 heteroatoms. The molecule has 0 radical (unpaired) electrons. The summed E-state index contributed by atoms with van der Waals surface area (Å²) in [6.45, 7) is 2.16. The molecule has 1 aromatic heterocycles. The molecular formula is C12H16N2O3. The van der Waals surface area contributed by atoms with Crippen molar-refractivity contribution in [3.8, 4) is 0 Å². The summed E-state index contributed by atoms with van der Waals surface area (Å²) in [6.07, 6.45) is 4.71. The van der Waals surface area contributed by atoms with Crippen LogP contribution in [0.15, 0.2) is 29.7 Å². The van der Waals surface area contributed by atoms with E-state index in [0.29, 0.717) is 31.6 Å². The molecule has 0 amide bonds. The minimum atomic E-state index is -0.226. The minimum Gasteiger partial charge on any atom is -0.466 e. The van der Waals surface area contributed by atoms with Gasteiger partial charge >= 0.3 is 5.97 Å². The quantitative estimate of drug-likeness (QED) is 0.355. The summed E-state index contributed by atoms with van der Waals surface area (Å²) in [5.41, 5.74) is 1.29. The maximum absolute atomic E-state index is 11.1. The van der Waals surface area contributed by atoms with Gasteiger partial charge in [0, 0.05) is 24.4 Å². The van der Waals surface area contributed by atoms with Crippen LogP contribution in [-0.2, 0) is 9.53 Å². The van der Waals surface area contributed by atoms with Crippen molar-refractivity contribution < 1.29 is 14.7 Å². The van der Waals surface area contributed by atoms with Crippen LogP contribution >= 0.6 is 0 Å². The smallest absolute Gasteiger partial charge is 0.305 e. The van der Waals surface area contributed by atoms with E-state index in [2.05, 4.69) is 10.1 Å². The monoisotopic (exact) mass is 236 g/mol. The molecule has 92 valence electrons. The predicted molar refractivity (Wildman–Crippen MR) is 63.0 cm³/mol. The molecule has 1 N–H and O–H groups in total. The van der Waals surface area contributed by atoms with Gasteiger partial charge in [-0.1, -0.05) is 5.16 Å². The number of carbonyl (C=O) groups is 1. The second-order valence-electron chi connectivity index (χ2n) is 3.45. The molecule has 0 aliphatic rings. The molecule has 0 aromatic carbocycles. The Kier molecular flexibility index (Phi) is 5.71. The van der Waals surface area contributed by atoms with Crippen LogP contribution in [0, 0.1) is 0 Å². The van der Waals surface area contributed by atoms with Crippen molar-refractivity contribution in [2.24, 2.45) is 5.16 Å². The van der Waals surface area contributed by atoms with E-state index >= 15 is 0 Å². The SMILES string of the molecule is CCOC(=O)CCC/C(=N/O)c1cccnc1. The summed E-state index contributed by atoms with van der Waals surface area (Å²) in [5, 5.41) is 12.1. The Morgan fingerprint density at radius 2 is 2.35 bits per heavy atom. The molecule has 0 fully saturated rings. The van der Waals surface area contributed by atoms with Crippen LogP contribution in [0.4, 0.5) is 0 Å². The lowest BCUT2D eigenvalue weighted by atomic mass is 10.1. The minimum absolute atomic E-state index is 0.226. The predicted octanol–water partition coefficient (Wildman–Crippen LogP) is 1.99. The summed E-state index contributed by atoms with van der Waals surface area (Å²) < 4.78 is 4.81. The number of pyridine rings is 1. The van der Waals surface area contributed by atoms with Crippen LogP contribution in [0.2, 0.25) is 0 Å². The molecule has 0 bridgehead atoms. The first kappa shape index (κ1) is 13.2. The number of hydrogen-bond donors (Lipinski definition) is 1. The van der Waals surface area contributed by atoms with Crippen molar-refractivity contribution in [1.29, 1.82) is 0 Å². The molecule has 1 aromatic rings. The van der Waals surface area contributed by atoms with Gasteiger partial charge in [-0.3, -0.25) is 9.78 Å². The molecule has 17 heavy (non-hydrogen) atoms. The number of ether oxygens (including phenoxy) is 1. The third kappa shape index (κ3) is 4.63. The van der Waals surface area contributed by atoms with Crippen LogP contribution in [-0.4, -0.2) is 28.5 Å². The molecule has 0 aliphatic heterocycles. The number of hydrogen-bond acceptors (Lipinski definition) is 5.